The fraction of sp³-hybridized carbons (Fsp3) is 0.167. The van der Waals surface area contributed by atoms with E-state index in [-0.39, 0.29) is 22.1 Å². The number of rotatable bonds is 10. The highest BCUT2D eigenvalue weighted by Gasteiger charge is 2.33. The number of hydrogen-bond donors (Lipinski definition) is 0. The number of ether oxygens (including phenoxy) is 1. The maximum absolute atomic E-state index is 15.1. The number of hydrogen-bond acceptors (Lipinski definition) is 4. The predicted octanol–water partition coefficient (Wildman–Crippen LogP) is 21.6. The summed E-state index contributed by atoms with van der Waals surface area (Å²) in [7, 11) is 0. The summed E-state index contributed by atoms with van der Waals surface area (Å²) in [5.74, 6) is 2.00. The molecule has 1 aliphatic rings. The van der Waals surface area contributed by atoms with Crippen LogP contribution < -0.4 is 14.5 Å². The average molecular weight is 1100 g/mol. The SMILES string of the molecule is CC(C)(C)c1cc(-c2cc(-c3ccccc3)cc(-c3ccc(F)cc3)c2N2CN(c3cc(Oc4ccc5c6ccccc6n(-c6cc(C(C)(C)C)ccn6)c5c4)cc(-c4ccc(-c5ccccc5)cc4)c3)c3ccccc32)cc(C(C)(C)C)c1. The molecule has 84 heavy (non-hydrogen) atoms. The van der Waals surface area contributed by atoms with Gasteiger partial charge in [-0.1, -0.05) is 208 Å². The van der Waals surface area contributed by atoms with Crippen LogP contribution in [0, 0.1) is 5.82 Å². The molecular weight excluding hydrogens is 1030 g/mol. The van der Waals surface area contributed by atoms with Crippen molar-refractivity contribution < 1.29 is 9.13 Å². The summed E-state index contributed by atoms with van der Waals surface area (Å²) in [6.07, 6.45) is 1.92. The van der Waals surface area contributed by atoms with Crippen molar-refractivity contribution in [1.29, 1.82) is 0 Å². The number of anilines is 4. The molecule has 1 aliphatic heterocycles. The fourth-order valence-corrected chi connectivity index (χ4v) is 11.9. The summed E-state index contributed by atoms with van der Waals surface area (Å²) in [6, 6.07) is 83.5. The van der Waals surface area contributed by atoms with Crippen molar-refractivity contribution in [3.05, 3.63) is 265 Å². The molecule has 10 aromatic carbocycles. The predicted molar refractivity (Wildman–Crippen MR) is 350 cm³/mol. The molecule has 0 fully saturated rings. The van der Waals surface area contributed by atoms with Crippen LogP contribution in [0.15, 0.2) is 243 Å². The molecule has 414 valence electrons. The molecule has 5 nitrogen and oxygen atoms in total. The third-order valence-electron chi connectivity index (χ3n) is 16.6. The summed E-state index contributed by atoms with van der Waals surface area (Å²) in [5, 5.41) is 2.28. The standard InChI is InChI=1S/C78H69FN4O/c1-76(2,3)59-38-39-80-74(47-59)83-70-25-17-16-24-66(70)67-37-36-64(49-73(67)83)84-65-43-56(54-30-28-53(29-31-54)51-20-12-10-13-21-51)42-63(48-65)81-50-82(72-27-19-18-26-71(72)81)75-68(55-32-34-62(79)35-33-55)44-57(52-22-14-11-15-23-52)45-69(75)58-40-60(77(4,5)6)46-61(41-58)78(7,8)9/h10-49H,50H2,1-9H3. The van der Waals surface area contributed by atoms with Gasteiger partial charge in [-0.25, -0.2) is 9.37 Å². The van der Waals surface area contributed by atoms with Crippen LogP contribution in [0.4, 0.5) is 27.1 Å². The van der Waals surface area contributed by atoms with Gasteiger partial charge in [0, 0.05) is 45.9 Å². The van der Waals surface area contributed by atoms with E-state index in [1.807, 2.05) is 18.3 Å². The minimum Gasteiger partial charge on any atom is -0.457 e. The van der Waals surface area contributed by atoms with Crippen LogP contribution in [-0.2, 0) is 16.2 Å². The highest BCUT2D eigenvalue weighted by Crippen LogP contribution is 2.53. The fourth-order valence-electron chi connectivity index (χ4n) is 11.9. The van der Waals surface area contributed by atoms with E-state index in [0.29, 0.717) is 18.2 Å². The zero-order valence-corrected chi connectivity index (χ0v) is 49.4. The van der Waals surface area contributed by atoms with Gasteiger partial charge >= 0.3 is 0 Å². The Morgan fingerprint density at radius 2 is 0.905 bits per heavy atom. The van der Waals surface area contributed by atoms with Gasteiger partial charge in [0.05, 0.1) is 28.1 Å². The van der Waals surface area contributed by atoms with Crippen LogP contribution in [0.25, 0.3) is 83.3 Å². The van der Waals surface area contributed by atoms with Crippen molar-refractivity contribution >= 4 is 44.6 Å². The lowest BCUT2D eigenvalue weighted by Crippen LogP contribution is -2.25. The molecule has 0 radical (unpaired) electrons. The van der Waals surface area contributed by atoms with Gasteiger partial charge in [0.15, 0.2) is 0 Å². The molecule has 0 atom stereocenters. The van der Waals surface area contributed by atoms with Crippen LogP contribution in [0.5, 0.6) is 11.5 Å². The highest BCUT2D eigenvalue weighted by atomic mass is 19.1. The molecule has 12 aromatic rings. The van der Waals surface area contributed by atoms with Gasteiger partial charge in [-0.05, 0) is 156 Å². The van der Waals surface area contributed by atoms with Crippen molar-refractivity contribution in [2.24, 2.45) is 0 Å². The van der Waals surface area contributed by atoms with Crippen LogP contribution in [0.3, 0.4) is 0 Å². The Labute approximate surface area is 493 Å². The molecule has 0 aliphatic carbocycles. The van der Waals surface area contributed by atoms with Gasteiger partial charge < -0.3 is 14.5 Å². The van der Waals surface area contributed by atoms with Gasteiger partial charge in [-0.2, -0.15) is 0 Å². The number of para-hydroxylation sites is 3. The monoisotopic (exact) mass is 1100 g/mol. The highest BCUT2D eigenvalue weighted by molar-refractivity contribution is 6.09. The number of benzene rings is 10. The van der Waals surface area contributed by atoms with Gasteiger partial charge in [0.1, 0.15) is 29.8 Å². The van der Waals surface area contributed by atoms with E-state index < -0.39 is 0 Å². The second kappa shape index (κ2) is 21.0. The maximum atomic E-state index is 15.1. The van der Waals surface area contributed by atoms with Gasteiger partial charge in [0.2, 0.25) is 0 Å². The van der Waals surface area contributed by atoms with E-state index in [1.54, 1.807) is 12.1 Å². The third kappa shape index (κ3) is 10.3. The van der Waals surface area contributed by atoms with Crippen LogP contribution in [0.1, 0.15) is 79.0 Å². The van der Waals surface area contributed by atoms with Gasteiger partial charge in [0.25, 0.3) is 0 Å². The van der Waals surface area contributed by atoms with Crippen molar-refractivity contribution in [2.75, 3.05) is 16.5 Å². The number of aromatic nitrogens is 2. The molecule has 0 N–H and O–H groups in total. The van der Waals surface area contributed by atoms with Gasteiger partial charge in [-0.15, -0.1) is 0 Å². The Bertz CT molecular complexity index is 4390. The number of halogens is 1. The number of pyridine rings is 1. The summed E-state index contributed by atoms with van der Waals surface area (Å²) < 4.78 is 24.5. The van der Waals surface area contributed by atoms with E-state index in [9.17, 15) is 0 Å². The first-order valence-electron chi connectivity index (χ1n) is 29.2. The third-order valence-corrected chi connectivity index (χ3v) is 16.6. The minimum absolute atomic E-state index is 0.0590. The smallest absolute Gasteiger partial charge is 0.137 e. The molecular formula is C78H69FN4O. The molecule has 0 unspecified atom stereocenters. The first-order valence-corrected chi connectivity index (χ1v) is 29.2. The van der Waals surface area contributed by atoms with Crippen LogP contribution in [-0.4, -0.2) is 16.2 Å². The number of fused-ring (bicyclic) bond motifs is 4. The van der Waals surface area contributed by atoms with Crippen molar-refractivity contribution in [1.82, 2.24) is 9.55 Å². The van der Waals surface area contributed by atoms with E-state index >= 15 is 4.39 Å². The Morgan fingerprint density at radius 3 is 1.55 bits per heavy atom. The topological polar surface area (TPSA) is 33.5 Å². The first kappa shape index (κ1) is 53.8. The lowest BCUT2D eigenvalue weighted by atomic mass is 9.78. The maximum Gasteiger partial charge on any atom is 0.137 e. The Balaban J connectivity index is 0.997. The quantitative estimate of drug-likeness (QED) is 0.137. The van der Waals surface area contributed by atoms with Crippen molar-refractivity contribution in [3.63, 3.8) is 0 Å². The second-order valence-corrected chi connectivity index (χ2v) is 25.5. The van der Waals surface area contributed by atoms with Gasteiger partial charge in [-0.3, -0.25) is 4.57 Å². The molecule has 13 rings (SSSR count). The molecule has 0 saturated heterocycles. The Morgan fingerprint density at radius 1 is 0.381 bits per heavy atom. The normalized spacial score (nSPS) is 12.8. The molecule has 0 bridgehead atoms. The van der Waals surface area contributed by atoms with Crippen LogP contribution in [0.2, 0.25) is 0 Å². The van der Waals surface area contributed by atoms with E-state index in [4.69, 9.17) is 9.72 Å². The molecule has 0 spiro atoms. The summed E-state index contributed by atoms with van der Waals surface area (Å²) in [6.45, 7) is 21.0. The molecule has 2 aromatic heterocycles. The van der Waals surface area contributed by atoms with Crippen LogP contribution >= 0.6 is 0 Å². The summed E-state index contributed by atoms with van der Waals surface area (Å²) in [4.78, 5) is 9.85. The second-order valence-electron chi connectivity index (χ2n) is 25.5. The lowest BCUT2D eigenvalue weighted by molar-refractivity contribution is 0.483. The molecule has 3 heterocycles. The van der Waals surface area contributed by atoms with E-state index in [1.165, 1.54) is 22.3 Å². The van der Waals surface area contributed by atoms with Crippen molar-refractivity contribution in [3.8, 4) is 73.0 Å². The average Bonchev–Trinajstić information content (AvgIpc) is 1.95. The summed E-state index contributed by atoms with van der Waals surface area (Å²) in [5.41, 5.74) is 20.4. The Hall–Kier alpha value is -9.52. The lowest BCUT2D eigenvalue weighted by Gasteiger charge is -2.30. The first-order chi connectivity index (χ1) is 40.4. The van der Waals surface area contributed by atoms with E-state index in [2.05, 4.69) is 289 Å². The molecule has 6 heteroatoms. The number of nitrogens with zero attached hydrogens (tertiary/aromatic N) is 4. The largest absolute Gasteiger partial charge is 0.457 e. The Kier molecular flexibility index (Phi) is 13.5. The molecule has 0 amide bonds. The molecule has 0 saturated carbocycles. The zero-order valence-electron chi connectivity index (χ0n) is 49.4. The van der Waals surface area contributed by atoms with E-state index in [0.717, 1.165) is 100 Å². The zero-order chi connectivity index (χ0) is 58.1. The minimum atomic E-state index is -0.275. The summed E-state index contributed by atoms with van der Waals surface area (Å²) >= 11 is 0. The van der Waals surface area contributed by atoms with Crippen molar-refractivity contribution in [2.45, 2.75) is 78.6 Å².